The molecule has 0 spiro atoms. The molecular formula is C21H22N2O4. The minimum absolute atomic E-state index is 0.253. The Morgan fingerprint density at radius 3 is 2.48 bits per heavy atom. The van der Waals surface area contributed by atoms with Gasteiger partial charge < -0.3 is 14.8 Å². The van der Waals surface area contributed by atoms with Crippen molar-refractivity contribution in [2.45, 2.75) is 25.8 Å². The van der Waals surface area contributed by atoms with Gasteiger partial charge in [-0.25, -0.2) is 4.79 Å². The van der Waals surface area contributed by atoms with Gasteiger partial charge >= 0.3 is 6.03 Å². The Hall–Kier alpha value is -3.02. The van der Waals surface area contributed by atoms with E-state index in [1.165, 1.54) is 10.5 Å². The van der Waals surface area contributed by atoms with E-state index in [9.17, 15) is 9.59 Å². The molecular weight excluding hydrogens is 344 g/mol. The van der Waals surface area contributed by atoms with Crippen LogP contribution in [0, 0.1) is 6.92 Å². The van der Waals surface area contributed by atoms with Crippen LogP contribution in [0.5, 0.6) is 11.5 Å². The summed E-state index contributed by atoms with van der Waals surface area (Å²) in [6, 6.07) is 13.1. The lowest BCUT2D eigenvalue weighted by Crippen LogP contribution is -2.41. The van der Waals surface area contributed by atoms with Gasteiger partial charge in [0.15, 0.2) is 11.5 Å². The first-order chi connectivity index (χ1) is 13.0. The van der Waals surface area contributed by atoms with E-state index in [0.29, 0.717) is 43.2 Å². The van der Waals surface area contributed by atoms with Crippen molar-refractivity contribution in [2.75, 3.05) is 19.8 Å². The highest BCUT2D eigenvalue weighted by molar-refractivity contribution is 6.07. The van der Waals surface area contributed by atoms with E-state index in [0.717, 1.165) is 5.56 Å². The molecule has 1 fully saturated rings. The number of urea groups is 1. The zero-order chi connectivity index (χ0) is 19.0. The number of nitrogens with zero attached hydrogens (tertiary/aromatic N) is 1. The summed E-state index contributed by atoms with van der Waals surface area (Å²) in [5.41, 5.74) is 1.84. The molecule has 2 aliphatic rings. The second kappa shape index (κ2) is 6.61. The first-order valence-electron chi connectivity index (χ1n) is 9.07. The molecule has 2 aromatic rings. The summed E-state index contributed by atoms with van der Waals surface area (Å²) in [6.07, 6.45) is 0.622. The second-order valence-corrected chi connectivity index (χ2v) is 7.11. The van der Waals surface area contributed by atoms with E-state index < -0.39 is 5.54 Å². The molecule has 1 atom stereocenters. The van der Waals surface area contributed by atoms with Crippen LogP contribution >= 0.6 is 0 Å². The third-order valence-corrected chi connectivity index (χ3v) is 5.14. The lowest BCUT2D eigenvalue weighted by Gasteiger charge is -2.25. The van der Waals surface area contributed by atoms with Gasteiger partial charge in [-0.1, -0.05) is 35.9 Å². The van der Waals surface area contributed by atoms with Gasteiger partial charge in [0.2, 0.25) is 0 Å². The first-order valence-corrected chi connectivity index (χ1v) is 9.07. The lowest BCUT2D eigenvalue weighted by atomic mass is 9.91. The number of aryl methyl sites for hydroxylation is 1. The Bertz CT molecular complexity index is 894. The molecule has 3 amide bonds. The van der Waals surface area contributed by atoms with Crippen molar-refractivity contribution in [1.82, 2.24) is 10.2 Å². The summed E-state index contributed by atoms with van der Waals surface area (Å²) in [5, 5.41) is 2.84. The SMILES string of the molecule is Cc1ccc(CCN2C(=O)N[C@](C)(c3ccc4c(c3)OCCO4)C2=O)cc1. The van der Waals surface area contributed by atoms with E-state index in [-0.39, 0.29) is 11.9 Å². The van der Waals surface area contributed by atoms with Crippen LogP contribution in [-0.4, -0.2) is 36.6 Å². The summed E-state index contributed by atoms with van der Waals surface area (Å²) in [4.78, 5) is 26.8. The van der Waals surface area contributed by atoms with Crippen LogP contribution in [0.1, 0.15) is 23.6 Å². The molecule has 1 N–H and O–H groups in total. The van der Waals surface area contributed by atoms with Gasteiger partial charge in [0.1, 0.15) is 18.8 Å². The third-order valence-electron chi connectivity index (χ3n) is 5.14. The number of amides is 3. The molecule has 6 nitrogen and oxygen atoms in total. The number of nitrogens with one attached hydrogen (secondary N) is 1. The number of hydrogen-bond donors (Lipinski definition) is 1. The van der Waals surface area contributed by atoms with Crippen LogP contribution in [0.25, 0.3) is 0 Å². The third kappa shape index (κ3) is 3.12. The maximum absolute atomic E-state index is 13.1. The standard InChI is InChI=1S/C21H22N2O4/c1-14-3-5-15(6-4-14)9-10-23-19(24)21(2,22-20(23)25)16-7-8-17-18(13-16)27-12-11-26-17/h3-8,13H,9-12H2,1-2H3,(H,22,25)/t21-/m1/s1. The molecule has 6 heteroatoms. The quantitative estimate of drug-likeness (QED) is 0.845. The van der Waals surface area contributed by atoms with Crippen LogP contribution in [-0.2, 0) is 16.8 Å². The van der Waals surface area contributed by atoms with Crippen LogP contribution in [0.2, 0.25) is 0 Å². The highest BCUT2D eigenvalue weighted by atomic mass is 16.6. The topological polar surface area (TPSA) is 67.9 Å². The molecule has 1 saturated heterocycles. The van der Waals surface area contributed by atoms with Crippen LogP contribution in [0.4, 0.5) is 4.79 Å². The molecule has 0 radical (unpaired) electrons. The van der Waals surface area contributed by atoms with Gasteiger partial charge in [-0.2, -0.15) is 0 Å². The summed E-state index contributed by atoms with van der Waals surface area (Å²) in [5.74, 6) is 0.998. The zero-order valence-electron chi connectivity index (χ0n) is 15.5. The molecule has 2 aromatic carbocycles. The summed E-state index contributed by atoms with van der Waals surface area (Å²) < 4.78 is 11.1. The number of imide groups is 1. The van der Waals surface area contributed by atoms with Gasteiger partial charge in [-0.05, 0) is 43.5 Å². The zero-order valence-corrected chi connectivity index (χ0v) is 15.5. The van der Waals surface area contributed by atoms with Crippen LogP contribution < -0.4 is 14.8 Å². The molecule has 0 unspecified atom stereocenters. The Morgan fingerprint density at radius 1 is 1.04 bits per heavy atom. The Labute approximate surface area is 158 Å². The first kappa shape index (κ1) is 17.4. The number of carbonyl (C=O) groups is 2. The molecule has 140 valence electrons. The highest BCUT2D eigenvalue weighted by Gasteiger charge is 2.49. The minimum Gasteiger partial charge on any atom is -0.486 e. The van der Waals surface area contributed by atoms with E-state index in [4.69, 9.17) is 9.47 Å². The molecule has 2 heterocycles. The summed E-state index contributed by atoms with van der Waals surface area (Å²) in [6.45, 7) is 5.07. The number of hydrogen-bond acceptors (Lipinski definition) is 4. The number of fused-ring (bicyclic) bond motifs is 1. The fourth-order valence-corrected chi connectivity index (χ4v) is 3.45. The van der Waals surface area contributed by atoms with Crippen molar-refractivity contribution in [2.24, 2.45) is 0 Å². The van der Waals surface area contributed by atoms with Crippen molar-refractivity contribution < 1.29 is 19.1 Å². The maximum Gasteiger partial charge on any atom is 0.325 e. The van der Waals surface area contributed by atoms with Crippen LogP contribution in [0.3, 0.4) is 0 Å². The number of benzene rings is 2. The van der Waals surface area contributed by atoms with Gasteiger partial charge in [0.25, 0.3) is 5.91 Å². The van der Waals surface area contributed by atoms with Gasteiger partial charge in [0, 0.05) is 6.54 Å². The van der Waals surface area contributed by atoms with Gasteiger partial charge in [-0.15, -0.1) is 0 Å². The number of carbonyl (C=O) groups excluding carboxylic acids is 2. The predicted molar refractivity (Wildman–Crippen MR) is 99.9 cm³/mol. The molecule has 0 saturated carbocycles. The maximum atomic E-state index is 13.1. The predicted octanol–water partition coefficient (Wildman–Crippen LogP) is 2.78. The number of ether oxygens (including phenoxy) is 2. The Balaban J connectivity index is 1.53. The van der Waals surface area contributed by atoms with Gasteiger partial charge in [-0.3, -0.25) is 9.69 Å². The van der Waals surface area contributed by atoms with Crippen molar-refractivity contribution in [1.29, 1.82) is 0 Å². The van der Waals surface area contributed by atoms with Crippen molar-refractivity contribution >= 4 is 11.9 Å². The van der Waals surface area contributed by atoms with E-state index >= 15 is 0 Å². The molecule has 27 heavy (non-hydrogen) atoms. The summed E-state index contributed by atoms with van der Waals surface area (Å²) >= 11 is 0. The van der Waals surface area contributed by atoms with Crippen LogP contribution in [0.15, 0.2) is 42.5 Å². The monoisotopic (exact) mass is 366 g/mol. The summed E-state index contributed by atoms with van der Waals surface area (Å²) in [7, 11) is 0. The Morgan fingerprint density at radius 2 is 1.74 bits per heavy atom. The molecule has 0 bridgehead atoms. The average Bonchev–Trinajstić information content (AvgIpc) is 2.90. The fraction of sp³-hybridized carbons (Fsp3) is 0.333. The Kier molecular flexibility index (Phi) is 4.26. The van der Waals surface area contributed by atoms with E-state index in [1.54, 1.807) is 25.1 Å². The average molecular weight is 366 g/mol. The minimum atomic E-state index is -1.11. The normalized spacial score (nSPS) is 21.3. The van der Waals surface area contributed by atoms with Gasteiger partial charge in [0.05, 0.1) is 0 Å². The fourth-order valence-electron chi connectivity index (χ4n) is 3.45. The lowest BCUT2D eigenvalue weighted by molar-refractivity contribution is -0.131. The van der Waals surface area contributed by atoms with Crippen molar-refractivity contribution in [3.05, 3.63) is 59.2 Å². The molecule has 0 aromatic heterocycles. The van der Waals surface area contributed by atoms with E-state index in [2.05, 4.69) is 5.32 Å². The van der Waals surface area contributed by atoms with Crippen molar-refractivity contribution in [3.8, 4) is 11.5 Å². The second-order valence-electron chi connectivity index (χ2n) is 7.11. The van der Waals surface area contributed by atoms with Crippen molar-refractivity contribution in [3.63, 3.8) is 0 Å². The van der Waals surface area contributed by atoms with E-state index in [1.807, 2.05) is 31.2 Å². The number of rotatable bonds is 4. The smallest absolute Gasteiger partial charge is 0.325 e. The highest BCUT2D eigenvalue weighted by Crippen LogP contribution is 2.36. The molecule has 4 rings (SSSR count). The molecule has 0 aliphatic carbocycles. The largest absolute Gasteiger partial charge is 0.486 e. The molecule has 2 aliphatic heterocycles.